The van der Waals surface area contributed by atoms with E-state index in [-0.39, 0.29) is 47.7 Å². The van der Waals surface area contributed by atoms with E-state index >= 15 is 0 Å². The van der Waals surface area contributed by atoms with Crippen LogP contribution in [0.4, 0.5) is 4.39 Å². The Hall–Kier alpha value is -3.42. The van der Waals surface area contributed by atoms with Gasteiger partial charge in [0.2, 0.25) is 0 Å². The number of nitrogens with two attached hydrogens (primary N) is 1. The molecule has 0 saturated carbocycles. The number of halogens is 1. The Balaban J connectivity index is 1.81. The maximum absolute atomic E-state index is 14.6. The molecule has 4 N–H and O–H groups in total. The number of nitrogens with one attached hydrogen (secondary N) is 1. The molecule has 9 nitrogen and oxygen atoms in total. The Labute approximate surface area is 190 Å². The number of hydrogen-bond donors (Lipinski definition) is 3. The monoisotopic (exact) mass is 455 g/mol. The highest BCUT2D eigenvalue weighted by Gasteiger charge is 2.32. The van der Waals surface area contributed by atoms with E-state index in [1.54, 1.807) is 4.57 Å². The standard InChI is InChI=1S/C23H26FN5O4/c1-23(2,32)6-4-13-10-15-17(11-16(13)24)33-9-8-29-19(18(20(25)30)27-21(15)29)22(31)26-14-5-7-28(3)12-14/h10-11,14,32H,5,7-9,12H2,1-3H3,(H2,25,30)(H,26,31). The van der Waals surface area contributed by atoms with Crippen LogP contribution in [0.15, 0.2) is 12.1 Å². The van der Waals surface area contributed by atoms with Crippen LogP contribution in [0.25, 0.3) is 11.4 Å². The zero-order valence-electron chi connectivity index (χ0n) is 18.7. The van der Waals surface area contributed by atoms with Gasteiger partial charge in [0.05, 0.1) is 17.7 Å². The molecular formula is C23H26FN5O4. The molecule has 33 heavy (non-hydrogen) atoms. The summed E-state index contributed by atoms with van der Waals surface area (Å²) in [5, 5.41) is 12.8. The van der Waals surface area contributed by atoms with Gasteiger partial charge in [-0.15, -0.1) is 0 Å². The van der Waals surface area contributed by atoms with Gasteiger partial charge in [-0.05, 0) is 39.9 Å². The average Bonchev–Trinajstić information content (AvgIpc) is 3.25. The minimum Gasteiger partial charge on any atom is -0.491 e. The van der Waals surface area contributed by atoms with Crippen LogP contribution in [0, 0.1) is 17.7 Å². The number of carbonyl (C=O) groups is 2. The maximum Gasteiger partial charge on any atom is 0.270 e. The largest absolute Gasteiger partial charge is 0.491 e. The second-order valence-corrected chi connectivity index (χ2v) is 8.86. The van der Waals surface area contributed by atoms with Crippen LogP contribution in [0.2, 0.25) is 0 Å². The molecule has 1 aromatic carbocycles. The minimum atomic E-state index is -1.31. The van der Waals surface area contributed by atoms with Crippen molar-refractivity contribution in [1.82, 2.24) is 19.8 Å². The molecule has 0 bridgehead atoms. The van der Waals surface area contributed by atoms with Crippen LogP contribution in [-0.2, 0) is 6.54 Å². The third kappa shape index (κ3) is 4.69. The van der Waals surface area contributed by atoms with Gasteiger partial charge in [-0.25, -0.2) is 9.37 Å². The van der Waals surface area contributed by atoms with Gasteiger partial charge in [0, 0.05) is 18.7 Å². The van der Waals surface area contributed by atoms with Crippen LogP contribution >= 0.6 is 0 Å². The van der Waals surface area contributed by atoms with Gasteiger partial charge in [-0.2, -0.15) is 0 Å². The Bertz CT molecular complexity index is 1190. The van der Waals surface area contributed by atoms with Crippen molar-refractivity contribution in [3.8, 4) is 29.0 Å². The number of hydrogen-bond acceptors (Lipinski definition) is 6. The number of rotatable bonds is 3. The normalized spacial score (nSPS) is 17.8. The number of ether oxygens (including phenoxy) is 1. The quantitative estimate of drug-likeness (QED) is 0.587. The fourth-order valence-electron chi connectivity index (χ4n) is 4.00. The first-order valence-electron chi connectivity index (χ1n) is 10.7. The molecule has 2 aliphatic heterocycles. The Morgan fingerprint density at radius 2 is 2.12 bits per heavy atom. The lowest BCUT2D eigenvalue weighted by molar-refractivity contribution is 0.0912. The molecule has 174 valence electrons. The molecule has 2 aromatic rings. The lowest BCUT2D eigenvalue weighted by atomic mass is 10.1. The number of aliphatic hydroxyl groups is 1. The highest BCUT2D eigenvalue weighted by molar-refractivity contribution is 6.05. The number of carbonyl (C=O) groups excluding carboxylic acids is 2. The number of likely N-dealkylation sites (N-methyl/N-ethyl adjacent to an activating group) is 1. The van der Waals surface area contributed by atoms with Crippen molar-refractivity contribution >= 4 is 11.8 Å². The zero-order chi connectivity index (χ0) is 23.9. The molecule has 4 rings (SSSR count). The van der Waals surface area contributed by atoms with Crippen molar-refractivity contribution in [2.75, 3.05) is 26.7 Å². The maximum atomic E-state index is 14.6. The Morgan fingerprint density at radius 1 is 1.36 bits per heavy atom. The van der Waals surface area contributed by atoms with Crippen molar-refractivity contribution < 1.29 is 23.8 Å². The van der Waals surface area contributed by atoms with Crippen LogP contribution < -0.4 is 15.8 Å². The van der Waals surface area contributed by atoms with Gasteiger partial charge in [0.1, 0.15) is 35.3 Å². The molecule has 2 amide bonds. The predicted octanol–water partition coefficient (Wildman–Crippen LogP) is 0.737. The van der Waals surface area contributed by atoms with Crippen LogP contribution in [0.5, 0.6) is 5.75 Å². The van der Waals surface area contributed by atoms with Crippen molar-refractivity contribution in [3.63, 3.8) is 0 Å². The zero-order valence-corrected chi connectivity index (χ0v) is 18.7. The molecule has 0 spiro atoms. The van der Waals surface area contributed by atoms with Gasteiger partial charge < -0.3 is 30.4 Å². The molecule has 1 saturated heterocycles. The van der Waals surface area contributed by atoms with Gasteiger partial charge >= 0.3 is 0 Å². The lowest BCUT2D eigenvalue weighted by Crippen LogP contribution is -2.38. The molecule has 1 aromatic heterocycles. The van der Waals surface area contributed by atoms with Crippen LogP contribution in [0.3, 0.4) is 0 Å². The van der Waals surface area contributed by atoms with E-state index in [0.717, 1.165) is 13.0 Å². The number of fused-ring (bicyclic) bond motifs is 3. The van der Waals surface area contributed by atoms with Gasteiger partial charge in [-0.3, -0.25) is 9.59 Å². The van der Waals surface area contributed by atoms with Crippen molar-refractivity contribution in [2.24, 2.45) is 5.73 Å². The molecule has 2 aliphatic rings. The topological polar surface area (TPSA) is 123 Å². The smallest absolute Gasteiger partial charge is 0.270 e. The second kappa shape index (κ2) is 8.50. The van der Waals surface area contributed by atoms with Crippen LogP contribution in [0.1, 0.15) is 46.8 Å². The summed E-state index contributed by atoms with van der Waals surface area (Å²) in [4.78, 5) is 31.8. The summed E-state index contributed by atoms with van der Waals surface area (Å²) in [6.45, 7) is 4.89. The second-order valence-electron chi connectivity index (χ2n) is 8.86. The fraction of sp³-hybridized carbons (Fsp3) is 0.435. The molecule has 0 aliphatic carbocycles. The van der Waals surface area contributed by atoms with Crippen molar-refractivity contribution in [1.29, 1.82) is 0 Å². The molecule has 3 heterocycles. The summed E-state index contributed by atoms with van der Waals surface area (Å²) in [6.07, 6.45) is 0.795. The van der Waals surface area contributed by atoms with Crippen molar-refractivity contribution in [3.05, 3.63) is 34.9 Å². The number of nitrogens with zero attached hydrogens (tertiary/aromatic N) is 3. The molecule has 1 unspecified atom stereocenters. The first kappa shape index (κ1) is 22.8. The van der Waals surface area contributed by atoms with E-state index in [4.69, 9.17) is 10.5 Å². The molecule has 0 radical (unpaired) electrons. The Kier molecular flexibility index (Phi) is 5.86. The molecule has 1 fully saturated rings. The first-order valence-corrected chi connectivity index (χ1v) is 10.7. The summed E-state index contributed by atoms with van der Waals surface area (Å²) >= 11 is 0. The van der Waals surface area contributed by atoms with Gasteiger partial charge in [0.25, 0.3) is 11.8 Å². The third-order valence-electron chi connectivity index (χ3n) is 5.53. The number of imidazole rings is 1. The summed E-state index contributed by atoms with van der Waals surface area (Å²) in [6, 6.07) is 2.57. The van der Waals surface area contributed by atoms with E-state index in [1.807, 2.05) is 7.05 Å². The van der Waals surface area contributed by atoms with E-state index < -0.39 is 23.2 Å². The molecule has 1 atom stereocenters. The van der Waals surface area contributed by atoms with E-state index in [9.17, 15) is 19.1 Å². The lowest BCUT2D eigenvalue weighted by Gasteiger charge is -2.15. The number of primary amides is 1. The number of benzene rings is 1. The number of aromatic nitrogens is 2. The minimum absolute atomic E-state index is 0.0246. The summed E-state index contributed by atoms with van der Waals surface area (Å²) in [7, 11) is 1.97. The number of likely N-dealkylation sites (tertiary alicyclic amines) is 1. The highest BCUT2D eigenvalue weighted by Crippen LogP contribution is 2.35. The SMILES string of the molecule is CN1CCC(NC(=O)c2c(C(N)=O)nc3n2CCOc2cc(F)c(C#CC(C)(C)O)cc2-3)C1. The fourth-order valence-corrected chi connectivity index (χ4v) is 4.00. The average molecular weight is 455 g/mol. The van der Waals surface area contributed by atoms with Crippen LogP contribution in [-0.4, -0.2) is 69.8 Å². The van der Waals surface area contributed by atoms with E-state index in [0.29, 0.717) is 12.1 Å². The highest BCUT2D eigenvalue weighted by atomic mass is 19.1. The third-order valence-corrected chi connectivity index (χ3v) is 5.53. The summed E-state index contributed by atoms with van der Waals surface area (Å²) < 4.78 is 21.9. The van der Waals surface area contributed by atoms with Gasteiger partial charge in [-0.1, -0.05) is 11.8 Å². The molecule has 10 heteroatoms. The summed E-state index contributed by atoms with van der Waals surface area (Å²) in [5.41, 5.74) is 4.54. The summed E-state index contributed by atoms with van der Waals surface area (Å²) in [5.74, 6) is 3.77. The first-order chi connectivity index (χ1) is 15.5. The number of amides is 2. The van der Waals surface area contributed by atoms with Crippen molar-refractivity contribution in [2.45, 2.75) is 38.5 Å². The molecular weight excluding hydrogens is 429 g/mol. The Morgan fingerprint density at radius 3 is 2.76 bits per heavy atom. The van der Waals surface area contributed by atoms with Gasteiger partial charge in [0.15, 0.2) is 5.69 Å². The van der Waals surface area contributed by atoms with E-state index in [2.05, 4.69) is 27.0 Å². The predicted molar refractivity (Wildman–Crippen MR) is 118 cm³/mol. The van der Waals surface area contributed by atoms with E-state index in [1.165, 1.54) is 26.0 Å².